The van der Waals surface area contributed by atoms with Gasteiger partial charge in [-0.05, 0) is 36.3 Å². The van der Waals surface area contributed by atoms with E-state index in [2.05, 4.69) is 19.2 Å². The molecule has 0 atom stereocenters. The summed E-state index contributed by atoms with van der Waals surface area (Å²) in [6.45, 7) is 4.90. The number of carbonyl (C=O) groups is 1. The Morgan fingerprint density at radius 3 is 2.60 bits per heavy atom. The predicted octanol–water partition coefficient (Wildman–Crippen LogP) is 3.14. The van der Waals surface area contributed by atoms with Gasteiger partial charge < -0.3 is 10.4 Å². The maximum Gasteiger partial charge on any atom is 0.342 e. The van der Waals surface area contributed by atoms with Gasteiger partial charge in [-0.3, -0.25) is 10.1 Å². The Morgan fingerprint density at radius 2 is 2.15 bits per heavy atom. The number of hydrogen-bond donors (Lipinski definition) is 2. The van der Waals surface area contributed by atoms with Gasteiger partial charge in [0.2, 0.25) is 0 Å². The van der Waals surface area contributed by atoms with Gasteiger partial charge in [-0.1, -0.05) is 19.9 Å². The number of benzene rings is 1. The number of nitrogens with one attached hydrogen (secondary N) is 1. The van der Waals surface area contributed by atoms with Crippen LogP contribution >= 0.6 is 0 Å². The number of rotatable bonds is 6. The third kappa shape index (κ3) is 2.59. The number of carboxylic acids is 1. The largest absolute Gasteiger partial charge is 0.477 e. The van der Waals surface area contributed by atoms with Crippen molar-refractivity contribution in [2.45, 2.75) is 26.7 Å². The van der Waals surface area contributed by atoms with Crippen LogP contribution in [0.5, 0.6) is 0 Å². The SMILES string of the molecule is CC(C)C1(CNc2cccc(C(=O)O)c2[N+](=O)[O-])CC1. The number of nitrogens with zero attached hydrogens (tertiary/aromatic N) is 1. The first-order chi connectivity index (χ1) is 9.37. The van der Waals surface area contributed by atoms with Crippen molar-refractivity contribution in [1.29, 1.82) is 0 Å². The number of carboxylic acid groups (broad SMARTS) is 1. The summed E-state index contributed by atoms with van der Waals surface area (Å²) in [5, 5.41) is 23.2. The zero-order valence-electron chi connectivity index (χ0n) is 11.5. The molecule has 0 unspecified atom stereocenters. The molecule has 0 aliphatic heterocycles. The molecule has 2 N–H and O–H groups in total. The monoisotopic (exact) mass is 278 g/mol. The molecule has 1 saturated carbocycles. The van der Waals surface area contributed by atoms with Crippen molar-refractivity contribution < 1.29 is 14.8 Å². The van der Waals surface area contributed by atoms with E-state index in [-0.39, 0.29) is 22.4 Å². The van der Waals surface area contributed by atoms with Gasteiger partial charge in [-0.25, -0.2) is 4.79 Å². The Labute approximate surface area is 117 Å². The maximum absolute atomic E-state index is 11.1. The van der Waals surface area contributed by atoms with Crippen LogP contribution in [0.3, 0.4) is 0 Å². The van der Waals surface area contributed by atoms with Crippen molar-refractivity contribution in [2.75, 3.05) is 11.9 Å². The van der Waals surface area contributed by atoms with Crippen LogP contribution in [0.15, 0.2) is 18.2 Å². The Kier molecular flexibility index (Phi) is 3.65. The lowest BCUT2D eigenvalue weighted by Crippen LogP contribution is -2.21. The topological polar surface area (TPSA) is 92.5 Å². The zero-order chi connectivity index (χ0) is 14.9. The van der Waals surface area contributed by atoms with Gasteiger partial charge >= 0.3 is 11.7 Å². The van der Waals surface area contributed by atoms with Crippen molar-refractivity contribution >= 4 is 17.3 Å². The third-order valence-electron chi connectivity index (χ3n) is 4.20. The van der Waals surface area contributed by atoms with E-state index in [4.69, 9.17) is 5.11 Å². The quantitative estimate of drug-likeness (QED) is 0.616. The van der Waals surface area contributed by atoms with Crippen molar-refractivity contribution in [1.82, 2.24) is 0 Å². The van der Waals surface area contributed by atoms with E-state index >= 15 is 0 Å². The van der Waals surface area contributed by atoms with Crippen molar-refractivity contribution in [3.8, 4) is 0 Å². The molecule has 2 rings (SSSR count). The summed E-state index contributed by atoms with van der Waals surface area (Å²) in [4.78, 5) is 21.6. The lowest BCUT2D eigenvalue weighted by molar-refractivity contribution is -0.384. The summed E-state index contributed by atoms with van der Waals surface area (Å²) in [6, 6.07) is 4.33. The number of nitro groups is 1. The predicted molar refractivity (Wildman–Crippen MR) is 75.1 cm³/mol. The van der Waals surface area contributed by atoms with Crippen LogP contribution in [-0.2, 0) is 0 Å². The molecular weight excluding hydrogens is 260 g/mol. The first-order valence-electron chi connectivity index (χ1n) is 6.62. The summed E-state index contributed by atoms with van der Waals surface area (Å²) in [6.07, 6.45) is 2.20. The van der Waals surface area contributed by atoms with E-state index in [0.29, 0.717) is 12.5 Å². The Morgan fingerprint density at radius 1 is 1.50 bits per heavy atom. The molecule has 0 radical (unpaired) electrons. The normalized spacial score (nSPS) is 15.9. The molecular formula is C14H18N2O4. The number of aromatic carboxylic acids is 1. The Hall–Kier alpha value is -2.11. The summed E-state index contributed by atoms with van der Waals surface area (Å²) >= 11 is 0. The molecule has 20 heavy (non-hydrogen) atoms. The fourth-order valence-corrected chi connectivity index (χ4v) is 2.45. The van der Waals surface area contributed by atoms with E-state index in [1.807, 2.05) is 0 Å². The average molecular weight is 278 g/mol. The van der Waals surface area contributed by atoms with Crippen LogP contribution in [-0.4, -0.2) is 22.5 Å². The van der Waals surface area contributed by atoms with Crippen LogP contribution in [0.2, 0.25) is 0 Å². The van der Waals surface area contributed by atoms with E-state index in [1.54, 1.807) is 6.07 Å². The van der Waals surface area contributed by atoms with Crippen molar-refractivity contribution in [2.24, 2.45) is 11.3 Å². The second-order valence-electron chi connectivity index (χ2n) is 5.63. The molecule has 6 heteroatoms. The average Bonchev–Trinajstić information content (AvgIpc) is 3.16. The minimum atomic E-state index is -1.29. The van der Waals surface area contributed by atoms with Crippen LogP contribution < -0.4 is 5.32 Å². The molecule has 0 spiro atoms. The summed E-state index contributed by atoms with van der Waals surface area (Å²) in [5.41, 5.74) is -0.177. The Bertz CT molecular complexity index is 550. The summed E-state index contributed by atoms with van der Waals surface area (Å²) in [7, 11) is 0. The zero-order valence-corrected chi connectivity index (χ0v) is 11.5. The highest BCUT2D eigenvalue weighted by molar-refractivity contribution is 5.95. The third-order valence-corrected chi connectivity index (χ3v) is 4.20. The number of nitro benzene ring substituents is 1. The van der Waals surface area contributed by atoms with Gasteiger partial charge in [-0.2, -0.15) is 0 Å². The maximum atomic E-state index is 11.1. The van der Waals surface area contributed by atoms with Gasteiger partial charge in [0, 0.05) is 6.54 Å². The number of hydrogen-bond acceptors (Lipinski definition) is 4. The molecule has 0 heterocycles. The van der Waals surface area contributed by atoms with E-state index in [0.717, 1.165) is 12.8 Å². The van der Waals surface area contributed by atoms with Gasteiger partial charge in [0.25, 0.3) is 0 Å². The standard InChI is InChI=1S/C14H18N2O4/c1-9(2)14(6-7-14)8-15-11-5-3-4-10(13(17)18)12(11)16(19)20/h3-5,9,15H,6-8H2,1-2H3,(H,17,18). The highest BCUT2D eigenvalue weighted by atomic mass is 16.6. The second kappa shape index (κ2) is 5.11. The fourth-order valence-electron chi connectivity index (χ4n) is 2.45. The van der Waals surface area contributed by atoms with E-state index < -0.39 is 10.9 Å². The van der Waals surface area contributed by atoms with Crippen LogP contribution in [0.1, 0.15) is 37.0 Å². The van der Waals surface area contributed by atoms with Crippen molar-refractivity contribution in [3.05, 3.63) is 33.9 Å². The molecule has 0 amide bonds. The molecule has 1 aromatic rings. The number of anilines is 1. The molecule has 1 fully saturated rings. The molecule has 108 valence electrons. The highest BCUT2D eigenvalue weighted by Gasteiger charge is 2.45. The molecule has 0 saturated heterocycles. The molecule has 6 nitrogen and oxygen atoms in total. The lowest BCUT2D eigenvalue weighted by Gasteiger charge is -2.20. The van der Waals surface area contributed by atoms with Gasteiger partial charge in [-0.15, -0.1) is 0 Å². The molecule has 0 bridgehead atoms. The molecule has 1 aliphatic carbocycles. The van der Waals surface area contributed by atoms with Crippen molar-refractivity contribution in [3.63, 3.8) is 0 Å². The van der Waals surface area contributed by atoms with Gasteiger partial charge in [0.05, 0.1) is 4.92 Å². The highest BCUT2D eigenvalue weighted by Crippen LogP contribution is 2.52. The lowest BCUT2D eigenvalue weighted by atomic mass is 9.92. The summed E-state index contributed by atoms with van der Waals surface area (Å²) < 4.78 is 0. The second-order valence-corrected chi connectivity index (χ2v) is 5.63. The van der Waals surface area contributed by atoms with Gasteiger partial charge in [0.1, 0.15) is 11.3 Å². The molecule has 1 aliphatic rings. The van der Waals surface area contributed by atoms with E-state index in [9.17, 15) is 14.9 Å². The molecule has 0 aromatic heterocycles. The van der Waals surface area contributed by atoms with Gasteiger partial charge in [0.15, 0.2) is 0 Å². The number of para-hydroxylation sites is 1. The minimum Gasteiger partial charge on any atom is -0.477 e. The van der Waals surface area contributed by atoms with Crippen LogP contribution in [0.25, 0.3) is 0 Å². The van der Waals surface area contributed by atoms with E-state index in [1.165, 1.54) is 12.1 Å². The summed E-state index contributed by atoms with van der Waals surface area (Å²) in [5.74, 6) is -0.790. The minimum absolute atomic E-state index is 0.188. The van der Waals surface area contributed by atoms with Crippen LogP contribution in [0, 0.1) is 21.4 Å². The fraction of sp³-hybridized carbons (Fsp3) is 0.500. The first-order valence-corrected chi connectivity index (χ1v) is 6.62. The van der Waals surface area contributed by atoms with Crippen LogP contribution in [0.4, 0.5) is 11.4 Å². The Balaban J connectivity index is 2.26. The first kappa shape index (κ1) is 14.3. The molecule has 1 aromatic carbocycles. The smallest absolute Gasteiger partial charge is 0.342 e.